The molecule has 0 saturated carbocycles. The SMILES string of the molecule is CCOC(=O)CC1CCN(c2cc(F)c(C(=O)O)cc2F)CC1. The van der Waals surface area contributed by atoms with E-state index in [1.54, 1.807) is 11.8 Å². The molecule has 0 amide bonds. The zero-order valence-corrected chi connectivity index (χ0v) is 12.8. The van der Waals surface area contributed by atoms with E-state index < -0.39 is 23.2 Å². The molecule has 1 aliphatic heterocycles. The quantitative estimate of drug-likeness (QED) is 0.842. The zero-order valence-electron chi connectivity index (χ0n) is 12.8. The highest BCUT2D eigenvalue weighted by molar-refractivity contribution is 5.88. The molecular weight excluding hydrogens is 308 g/mol. The summed E-state index contributed by atoms with van der Waals surface area (Å²) in [5, 5.41) is 8.79. The molecule has 0 radical (unpaired) electrons. The molecule has 0 atom stereocenters. The number of anilines is 1. The minimum absolute atomic E-state index is 0.0575. The monoisotopic (exact) mass is 327 g/mol. The van der Waals surface area contributed by atoms with Crippen LogP contribution in [0.15, 0.2) is 12.1 Å². The third kappa shape index (κ3) is 4.18. The maximum atomic E-state index is 14.0. The van der Waals surface area contributed by atoms with Crippen molar-refractivity contribution >= 4 is 17.6 Å². The van der Waals surface area contributed by atoms with Gasteiger partial charge in [-0.2, -0.15) is 0 Å². The lowest BCUT2D eigenvalue weighted by molar-refractivity contribution is -0.144. The first-order valence-electron chi connectivity index (χ1n) is 7.55. The van der Waals surface area contributed by atoms with Crippen molar-refractivity contribution in [2.24, 2.45) is 5.92 Å². The molecule has 7 heteroatoms. The summed E-state index contributed by atoms with van der Waals surface area (Å²) in [7, 11) is 0. The van der Waals surface area contributed by atoms with Crippen LogP contribution in [-0.2, 0) is 9.53 Å². The molecule has 1 aliphatic rings. The van der Waals surface area contributed by atoms with Crippen molar-refractivity contribution in [1.29, 1.82) is 0 Å². The summed E-state index contributed by atoms with van der Waals surface area (Å²) in [5.74, 6) is -3.29. The summed E-state index contributed by atoms with van der Waals surface area (Å²) in [6.45, 7) is 3.05. The van der Waals surface area contributed by atoms with Crippen LogP contribution in [-0.4, -0.2) is 36.7 Å². The van der Waals surface area contributed by atoms with Crippen molar-refractivity contribution in [3.8, 4) is 0 Å². The van der Waals surface area contributed by atoms with Gasteiger partial charge in [-0.15, -0.1) is 0 Å². The summed E-state index contributed by atoms with van der Waals surface area (Å²) >= 11 is 0. The van der Waals surface area contributed by atoms with Gasteiger partial charge in [0.2, 0.25) is 0 Å². The Labute approximate surface area is 132 Å². The van der Waals surface area contributed by atoms with Gasteiger partial charge >= 0.3 is 11.9 Å². The molecule has 0 aliphatic carbocycles. The number of aromatic carboxylic acids is 1. The number of hydrogen-bond acceptors (Lipinski definition) is 4. The van der Waals surface area contributed by atoms with E-state index in [1.807, 2.05) is 0 Å². The van der Waals surface area contributed by atoms with E-state index in [9.17, 15) is 18.4 Å². The summed E-state index contributed by atoms with van der Waals surface area (Å²) in [5.41, 5.74) is -0.620. The molecule has 0 unspecified atom stereocenters. The Morgan fingerprint density at radius 3 is 2.48 bits per heavy atom. The first-order chi connectivity index (χ1) is 10.9. The van der Waals surface area contributed by atoms with Crippen molar-refractivity contribution in [1.82, 2.24) is 0 Å². The second-order valence-electron chi connectivity index (χ2n) is 5.53. The van der Waals surface area contributed by atoms with Crippen LogP contribution in [0.2, 0.25) is 0 Å². The smallest absolute Gasteiger partial charge is 0.338 e. The molecule has 1 saturated heterocycles. The number of rotatable bonds is 5. The van der Waals surface area contributed by atoms with E-state index in [0.29, 0.717) is 45.0 Å². The van der Waals surface area contributed by atoms with Crippen LogP contribution in [0.1, 0.15) is 36.5 Å². The lowest BCUT2D eigenvalue weighted by atomic mass is 9.93. The van der Waals surface area contributed by atoms with Crippen molar-refractivity contribution in [3.05, 3.63) is 29.3 Å². The van der Waals surface area contributed by atoms with Crippen molar-refractivity contribution in [2.75, 3.05) is 24.6 Å². The average molecular weight is 327 g/mol. The van der Waals surface area contributed by atoms with Crippen LogP contribution < -0.4 is 4.90 Å². The zero-order chi connectivity index (χ0) is 17.0. The van der Waals surface area contributed by atoms with Gasteiger partial charge in [0.05, 0.1) is 17.9 Å². The first kappa shape index (κ1) is 17.2. The third-order valence-electron chi connectivity index (χ3n) is 3.98. The van der Waals surface area contributed by atoms with Crippen LogP contribution >= 0.6 is 0 Å². The highest BCUT2D eigenvalue weighted by atomic mass is 19.1. The minimum Gasteiger partial charge on any atom is -0.478 e. The maximum absolute atomic E-state index is 14.0. The Hall–Kier alpha value is -2.18. The molecular formula is C16H19F2NO4. The molecule has 5 nitrogen and oxygen atoms in total. The second-order valence-corrected chi connectivity index (χ2v) is 5.53. The highest BCUT2D eigenvalue weighted by Gasteiger charge is 2.25. The number of esters is 1. The fourth-order valence-electron chi connectivity index (χ4n) is 2.78. The molecule has 0 aromatic heterocycles. The Morgan fingerprint density at radius 1 is 1.26 bits per heavy atom. The van der Waals surface area contributed by atoms with Crippen molar-refractivity contribution < 1.29 is 28.2 Å². The van der Waals surface area contributed by atoms with Gasteiger partial charge in [-0.3, -0.25) is 4.79 Å². The normalized spacial score (nSPS) is 15.5. The predicted molar refractivity (Wildman–Crippen MR) is 79.5 cm³/mol. The molecule has 0 spiro atoms. The number of piperidine rings is 1. The first-order valence-corrected chi connectivity index (χ1v) is 7.55. The van der Waals surface area contributed by atoms with Crippen LogP contribution in [0, 0.1) is 17.6 Å². The number of nitrogens with zero attached hydrogens (tertiary/aromatic N) is 1. The predicted octanol–water partition coefficient (Wildman–Crippen LogP) is 2.83. The van der Waals surface area contributed by atoms with Gasteiger partial charge in [0, 0.05) is 25.6 Å². The second kappa shape index (κ2) is 7.39. The molecule has 0 bridgehead atoms. The number of carbonyl (C=O) groups is 2. The van der Waals surface area contributed by atoms with Gasteiger partial charge in [-0.25, -0.2) is 13.6 Å². The lowest BCUT2D eigenvalue weighted by Gasteiger charge is -2.33. The maximum Gasteiger partial charge on any atom is 0.338 e. The van der Waals surface area contributed by atoms with Gasteiger partial charge < -0.3 is 14.7 Å². The van der Waals surface area contributed by atoms with E-state index in [-0.39, 0.29) is 17.6 Å². The van der Waals surface area contributed by atoms with E-state index in [1.165, 1.54) is 0 Å². The van der Waals surface area contributed by atoms with Gasteiger partial charge in [-0.05, 0) is 31.7 Å². The van der Waals surface area contributed by atoms with Crippen LogP contribution in [0.5, 0.6) is 0 Å². The van der Waals surface area contributed by atoms with Crippen molar-refractivity contribution in [2.45, 2.75) is 26.2 Å². The number of carboxylic acid groups (broad SMARTS) is 1. The summed E-state index contributed by atoms with van der Waals surface area (Å²) < 4.78 is 32.7. The number of carboxylic acids is 1. The summed E-state index contributed by atoms with van der Waals surface area (Å²) in [6.07, 6.45) is 1.66. The Bertz CT molecular complexity index is 598. The van der Waals surface area contributed by atoms with Crippen LogP contribution in [0.3, 0.4) is 0 Å². The summed E-state index contributed by atoms with van der Waals surface area (Å²) in [6, 6.07) is 1.63. The standard InChI is InChI=1S/C16H19F2NO4/c1-2-23-15(20)7-10-3-5-19(6-4-10)14-9-12(17)11(16(21)22)8-13(14)18/h8-10H,2-7H2,1H3,(H,21,22). The van der Waals surface area contributed by atoms with Crippen molar-refractivity contribution in [3.63, 3.8) is 0 Å². The number of ether oxygens (including phenoxy) is 1. The Kier molecular flexibility index (Phi) is 5.52. The molecule has 1 fully saturated rings. The third-order valence-corrected chi connectivity index (χ3v) is 3.98. The molecule has 1 heterocycles. The highest BCUT2D eigenvalue weighted by Crippen LogP contribution is 2.29. The van der Waals surface area contributed by atoms with Gasteiger partial charge in [0.25, 0.3) is 0 Å². The van der Waals surface area contributed by atoms with Gasteiger partial charge in [-0.1, -0.05) is 0 Å². The van der Waals surface area contributed by atoms with E-state index in [2.05, 4.69) is 0 Å². The molecule has 23 heavy (non-hydrogen) atoms. The van der Waals surface area contributed by atoms with E-state index in [4.69, 9.17) is 9.84 Å². The number of hydrogen-bond donors (Lipinski definition) is 1. The molecule has 1 aromatic carbocycles. The number of halogens is 2. The fourth-order valence-corrected chi connectivity index (χ4v) is 2.78. The summed E-state index contributed by atoms with van der Waals surface area (Å²) in [4.78, 5) is 23.9. The van der Waals surface area contributed by atoms with E-state index in [0.717, 1.165) is 6.07 Å². The minimum atomic E-state index is -1.50. The van der Waals surface area contributed by atoms with Crippen LogP contribution in [0.25, 0.3) is 0 Å². The average Bonchev–Trinajstić information content (AvgIpc) is 2.50. The van der Waals surface area contributed by atoms with Gasteiger partial charge in [0.1, 0.15) is 11.6 Å². The molecule has 126 valence electrons. The molecule has 1 aromatic rings. The van der Waals surface area contributed by atoms with E-state index >= 15 is 0 Å². The fraction of sp³-hybridized carbons (Fsp3) is 0.500. The largest absolute Gasteiger partial charge is 0.478 e. The van der Waals surface area contributed by atoms with Crippen LogP contribution in [0.4, 0.5) is 14.5 Å². The molecule has 2 rings (SSSR count). The molecule has 1 N–H and O–H groups in total. The number of benzene rings is 1. The lowest BCUT2D eigenvalue weighted by Crippen LogP contribution is -2.35. The Balaban J connectivity index is 2.01. The van der Waals surface area contributed by atoms with Gasteiger partial charge in [0.15, 0.2) is 0 Å². The number of carbonyl (C=O) groups excluding carboxylic acids is 1. The Morgan fingerprint density at radius 2 is 1.91 bits per heavy atom. The topological polar surface area (TPSA) is 66.8 Å².